The molecule has 2 nitrogen and oxygen atoms in total. The summed E-state index contributed by atoms with van der Waals surface area (Å²) in [6.45, 7) is 4.89. The van der Waals surface area contributed by atoms with E-state index < -0.39 is 11.6 Å². The summed E-state index contributed by atoms with van der Waals surface area (Å²) in [5.74, 6) is -1.22. The van der Waals surface area contributed by atoms with Crippen LogP contribution in [0.4, 0.5) is 8.78 Å². The molecule has 1 aromatic rings. The number of unbranched alkanes of at least 4 members (excludes halogenated alkanes) is 2. The van der Waals surface area contributed by atoms with Gasteiger partial charge in [-0.2, -0.15) is 4.39 Å². The van der Waals surface area contributed by atoms with E-state index in [1.165, 1.54) is 31.7 Å². The Morgan fingerprint density at radius 2 is 1.95 bits per heavy atom. The van der Waals surface area contributed by atoms with Gasteiger partial charge in [0.05, 0.1) is 19.3 Å². The fourth-order valence-electron chi connectivity index (χ4n) is 3.02. The van der Waals surface area contributed by atoms with Gasteiger partial charge in [-0.25, -0.2) is 4.39 Å². The highest BCUT2D eigenvalue weighted by atomic mass is 19.2. The van der Waals surface area contributed by atoms with Crippen molar-refractivity contribution in [1.29, 1.82) is 0 Å². The first-order valence-corrected chi connectivity index (χ1v) is 8.39. The van der Waals surface area contributed by atoms with Crippen molar-refractivity contribution in [3.05, 3.63) is 29.3 Å². The smallest absolute Gasteiger partial charge is 0.200 e. The van der Waals surface area contributed by atoms with Crippen LogP contribution >= 0.6 is 0 Å². The van der Waals surface area contributed by atoms with E-state index in [9.17, 15) is 8.78 Å². The van der Waals surface area contributed by atoms with Crippen LogP contribution in [0.5, 0.6) is 5.75 Å². The van der Waals surface area contributed by atoms with Gasteiger partial charge in [0.1, 0.15) is 0 Å². The maximum Gasteiger partial charge on any atom is 0.200 e. The lowest BCUT2D eigenvalue weighted by Gasteiger charge is -2.29. The molecule has 1 fully saturated rings. The molecule has 0 N–H and O–H groups in total. The van der Waals surface area contributed by atoms with E-state index in [-0.39, 0.29) is 11.9 Å². The Hall–Kier alpha value is -1.16. The van der Waals surface area contributed by atoms with Gasteiger partial charge < -0.3 is 9.47 Å². The van der Waals surface area contributed by atoms with Crippen LogP contribution in [0.2, 0.25) is 0 Å². The predicted octanol–water partition coefficient (Wildman–Crippen LogP) is 5.41. The molecule has 0 aliphatic carbocycles. The van der Waals surface area contributed by atoms with Gasteiger partial charge in [0.15, 0.2) is 11.6 Å². The Labute approximate surface area is 131 Å². The van der Waals surface area contributed by atoms with Gasteiger partial charge in [-0.15, -0.1) is 0 Å². The zero-order valence-corrected chi connectivity index (χ0v) is 13.5. The van der Waals surface area contributed by atoms with Gasteiger partial charge in [0, 0.05) is 5.56 Å². The van der Waals surface area contributed by atoms with Gasteiger partial charge in [-0.05, 0) is 44.2 Å². The Bertz CT molecular complexity index is 468. The zero-order valence-electron chi connectivity index (χ0n) is 13.5. The lowest BCUT2D eigenvalue weighted by molar-refractivity contribution is -0.0219. The highest BCUT2D eigenvalue weighted by Crippen LogP contribution is 2.36. The third-order valence-corrected chi connectivity index (χ3v) is 4.31. The Balaban J connectivity index is 1.95. The van der Waals surface area contributed by atoms with Crippen molar-refractivity contribution in [2.75, 3.05) is 13.2 Å². The monoisotopic (exact) mass is 312 g/mol. The third-order valence-electron chi connectivity index (χ3n) is 4.31. The molecule has 2 rings (SSSR count). The van der Waals surface area contributed by atoms with Crippen molar-refractivity contribution >= 4 is 0 Å². The Morgan fingerprint density at radius 3 is 2.59 bits per heavy atom. The summed E-state index contributed by atoms with van der Waals surface area (Å²) in [7, 11) is 0. The second-order valence-electron chi connectivity index (χ2n) is 5.98. The number of benzene rings is 1. The van der Waals surface area contributed by atoms with E-state index in [0.717, 1.165) is 12.8 Å². The van der Waals surface area contributed by atoms with Crippen molar-refractivity contribution in [3.8, 4) is 5.75 Å². The molecule has 0 radical (unpaired) electrons. The highest BCUT2D eigenvalue weighted by Gasteiger charge is 2.27. The molecule has 0 spiro atoms. The average molecular weight is 312 g/mol. The van der Waals surface area contributed by atoms with Gasteiger partial charge in [-0.1, -0.05) is 26.2 Å². The molecule has 0 bridgehead atoms. The van der Waals surface area contributed by atoms with Crippen molar-refractivity contribution in [3.63, 3.8) is 0 Å². The van der Waals surface area contributed by atoms with Gasteiger partial charge in [-0.3, -0.25) is 0 Å². The molecule has 0 saturated carbocycles. The lowest BCUT2D eigenvalue weighted by Crippen LogP contribution is -2.21. The second-order valence-corrected chi connectivity index (χ2v) is 5.98. The summed E-state index contributed by atoms with van der Waals surface area (Å²) in [5.41, 5.74) is 0.313. The summed E-state index contributed by atoms with van der Waals surface area (Å²) >= 11 is 0. The fourth-order valence-corrected chi connectivity index (χ4v) is 3.02. The molecule has 1 aromatic carbocycles. The molecule has 124 valence electrons. The first-order valence-electron chi connectivity index (χ1n) is 8.39. The van der Waals surface area contributed by atoms with Gasteiger partial charge in [0.25, 0.3) is 0 Å². The third kappa shape index (κ3) is 4.19. The summed E-state index contributed by atoms with van der Waals surface area (Å²) in [5, 5.41) is 0. The number of rotatable bonds is 7. The Morgan fingerprint density at radius 1 is 1.14 bits per heavy atom. The summed E-state index contributed by atoms with van der Waals surface area (Å²) in [6, 6.07) is 3.08. The van der Waals surface area contributed by atoms with Crippen LogP contribution in [-0.4, -0.2) is 13.2 Å². The minimum absolute atomic E-state index is 0.0306. The molecule has 4 heteroatoms. The van der Waals surface area contributed by atoms with Crippen LogP contribution in [0.25, 0.3) is 0 Å². The average Bonchev–Trinajstić information content (AvgIpc) is 2.53. The zero-order chi connectivity index (χ0) is 15.9. The predicted molar refractivity (Wildman–Crippen MR) is 83.1 cm³/mol. The van der Waals surface area contributed by atoms with Crippen LogP contribution < -0.4 is 4.74 Å². The molecule has 2 atom stereocenters. The molecular formula is C18H26F2O2. The molecule has 0 aromatic heterocycles. The van der Waals surface area contributed by atoms with Gasteiger partial charge >= 0.3 is 0 Å². The van der Waals surface area contributed by atoms with Crippen LogP contribution in [0.3, 0.4) is 0 Å². The number of halogens is 2. The van der Waals surface area contributed by atoms with Crippen LogP contribution in [-0.2, 0) is 4.74 Å². The van der Waals surface area contributed by atoms with E-state index >= 15 is 0 Å². The fraction of sp³-hybridized carbons (Fsp3) is 0.667. The molecular weight excluding hydrogens is 286 g/mol. The molecule has 1 aliphatic heterocycles. The maximum atomic E-state index is 14.2. The van der Waals surface area contributed by atoms with Crippen molar-refractivity contribution in [2.45, 2.75) is 58.5 Å². The quantitative estimate of drug-likeness (QED) is 0.627. The first kappa shape index (κ1) is 17.2. The SMILES string of the molecule is CCCCCC1CCC(c2ccc(OCC)c(F)c2F)OC1. The van der Waals surface area contributed by atoms with Crippen LogP contribution in [0.1, 0.15) is 64.0 Å². The normalized spacial score (nSPS) is 21.8. The van der Waals surface area contributed by atoms with Crippen LogP contribution in [0.15, 0.2) is 12.1 Å². The van der Waals surface area contributed by atoms with Crippen LogP contribution in [0, 0.1) is 17.6 Å². The minimum atomic E-state index is -0.909. The molecule has 1 aliphatic rings. The largest absolute Gasteiger partial charge is 0.491 e. The summed E-state index contributed by atoms with van der Waals surface area (Å²) < 4.78 is 39.0. The summed E-state index contributed by atoms with van der Waals surface area (Å²) in [4.78, 5) is 0. The summed E-state index contributed by atoms with van der Waals surface area (Å²) in [6.07, 6.45) is 6.28. The van der Waals surface area contributed by atoms with E-state index in [0.29, 0.717) is 24.7 Å². The molecule has 2 unspecified atom stereocenters. The molecule has 1 saturated heterocycles. The second kappa shape index (κ2) is 8.47. The number of hydrogen-bond donors (Lipinski definition) is 0. The minimum Gasteiger partial charge on any atom is -0.491 e. The standard InChI is InChI=1S/C18H26F2O2/c1-3-5-6-7-13-8-10-15(22-12-13)14-9-11-16(21-4-2)18(20)17(14)19/h9,11,13,15H,3-8,10,12H2,1-2H3. The van der Waals surface area contributed by atoms with E-state index in [1.54, 1.807) is 13.0 Å². The van der Waals surface area contributed by atoms with E-state index in [2.05, 4.69) is 6.92 Å². The van der Waals surface area contributed by atoms with Crippen molar-refractivity contribution in [1.82, 2.24) is 0 Å². The maximum absolute atomic E-state index is 14.2. The molecule has 22 heavy (non-hydrogen) atoms. The lowest BCUT2D eigenvalue weighted by atomic mass is 9.91. The molecule has 0 amide bonds. The first-order chi connectivity index (χ1) is 10.7. The topological polar surface area (TPSA) is 18.5 Å². The number of ether oxygens (including phenoxy) is 2. The van der Waals surface area contributed by atoms with Crippen molar-refractivity contribution < 1.29 is 18.3 Å². The number of hydrogen-bond acceptors (Lipinski definition) is 2. The highest BCUT2D eigenvalue weighted by molar-refractivity contribution is 5.32. The van der Waals surface area contributed by atoms with Crippen molar-refractivity contribution in [2.24, 2.45) is 5.92 Å². The molecule has 1 heterocycles. The van der Waals surface area contributed by atoms with E-state index in [4.69, 9.17) is 9.47 Å². The Kier molecular flexibility index (Phi) is 6.62. The van der Waals surface area contributed by atoms with Gasteiger partial charge in [0.2, 0.25) is 5.82 Å². The van der Waals surface area contributed by atoms with E-state index in [1.807, 2.05) is 0 Å².